The van der Waals surface area contributed by atoms with E-state index in [0.717, 1.165) is 31.4 Å². The number of alkyl halides is 3. The minimum atomic E-state index is -4.58. The molecule has 4 fully saturated rings. The van der Waals surface area contributed by atoms with E-state index in [4.69, 9.17) is 18.6 Å². The fourth-order valence-corrected chi connectivity index (χ4v) is 10.4. The number of fused-ring (bicyclic) bond motifs is 5. The van der Waals surface area contributed by atoms with Gasteiger partial charge >= 0.3 is 12.3 Å². The number of benzene rings is 2. The van der Waals surface area contributed by atoms with Gasteiger partial charge in [0.25, 0.3) is 11.8 Å². The van der Waals surface area contributed by atoms with Gasteiger partial charge in [-0.25, -0.2) is 18.2 Å². The van der Waals surface area contributed by atoms with E-state index in [2.05, 4.69) is 25.3 Å². The van der Waals surface area contributed by atoms with Crippen molar-refractivity contribution in [3.63, 3.8) is 0 Å². The molecule has 2 aromatic carbocycles. The number of nitrogens with zero attached hydrogens (tertiary/aromatic N) is 3. The quantitative estimate of drug-likeness (QED) is 0.155. The number of nitrogens with one attached hydrogen (secondary N) is 3. The number of sulfonamides is 1. The molecule has 5 atom stereocenters. The first kappa shape index (κ1) is 44.3. The minimum absolute atomic E-state index is 0.000352. The standard InChI is InChI=1S/C45H49F3N6O10S/c1-61-29-17-20-35-32(21-29)36-37(64-35)40(51-38(50-36)25-13-15-26(16-14-25)45(46,47)48)62-30-22-34-39(55)52-44(42(57)53-65(59,60)31-18-19-31)23-27(44)9-5-3-2-4-6-12-33(41(56)54(34)24-30)49-43(58)63-28-10-7-8-11-28/h5,9,13-17,20-21,27-28,30-31,33-34H,2-4,6-8,10-12,18-19,22-24H2,1H3,(H,49,58)(H,52,55)(H,53,57)/t27-,30-,33+,34+,44-/m1/s1. The molecule has 65 heavy (non-hydrogen) atoms. The topological polar surface area (TPSA) is 208 Å². The van der Waals surface area contributed by atoms with Crippen LogP contribution in [0.15, 0.2) is 59.0 Å². The number of allylic oxidation sites excluding steroid dienone is 1. The summed E-state index contributed by atoms with van der Waals surface area (Å²) in [6.45, 7) is -0.208. The minimum Gasteiger partial charge on any atom is -0.497 e. The molecule has 1 saturated heterocycles. The predicted molar refractivity (Wildman–Crippen MR) is 228 cm³/mol. The molecule has 3 N–H and O–H groups in total. The van der Waals surface area contributed by atoms with Gasteiger partial charge in [0, 0.05) is 17.9 Å². The lowest BCUT2D eigenvalue weighted by Crippen LogP contribution is -2.58. The average Bonchev–Trinajstić information content (AvgIpc) is 4.09. The number of amides is 4. The Morgan fingerprint density at radius 3 is 2.43 bits per heavy atom. The smallest absolute Gasteiger partial charge is 0.416 e. The number of carbonyl (C=O) groups is 4. The first-order valence-corrected chi connectivity index (χ1v) is 23.6. The zero-order valence-corrected chi connectivity index (χ0v) is 36.3. The van der Waals surface area contributed by atoms with Crippen LogP contribution in [-0.2, 0) is 35.3 Å². The molecule has 9 rings (SSSR count). The molecular formula is C45H49F3N6O10S. The number of aromatic nitrogens is 2. The molecule has 0 bridgehead atoms. The summed E-state index contributed by atoms with van der Waals surface area (Å²) in [6.07, 6.45) is 4.05. The highest BCUT2D eigenvalue weighted by Crippen LogP contribution is 2.46. The molecule has 4 heterocycles. The molecule has 2 aromatic heterocycles. The van der Waals surface area contributed by atoms with Gasteiger partial charge in [0.05, 0.1) is 29.9 Å². The van der Waals surface area contributed by atoms with Gasteiger partial charge in [-0.1, -0.05) is 37.1 Å². The predicted octanol–water partition coefficient (Wildman–Crippen LogP) is 6.46. The van der Waals surface area contributed by atoms with Crippen LogP contribution in [0.2, 0.25) is 0 Å². The summed E-state index contributed by atoms with van der Waals surface area (Å²) in [5.41, 5.74) is -1.54. The van der Waals surface area contributed by atoms with Gasteiger partial charge in [-0.3, -0.25) is 19.1 Å². The normalized spacial score (nSPS) is 25.6. The molecular weight excluding hydrogens is 874 g/mol. The SMILES string of the molecule is COc1ccc2oc3c(O[C@@H]4C[C@H]5C(=O)N[C@]6(C(=O)NS(=O)(=O)C7CC7)C[C@H]6C=CCCCCC[C@H](NC(=O)OC6CCCC6)C(=O)N5C4)nc(-c4ccc(C(F)(F)F)cc4)nc3c2c1. The summed E-state index contributed by atoms with van der Waals surface area (Å²) in [6, 6.07) is 6.91. The lowest BCUT2D eigenvalue weighted by molar-refractivity contribution is -0.141. The Kier molecular flexibility index (Phi) is 11.9. The van der Waals surface area contributed by atoms with Crippen molar-refractivity contribution >= 4 is 55.9 Å². The van der Waals surface area contributed by atoms with E-state index in [1.165, 1.54) is 24.1 Å². The molecule has 2 aliphatic heterocycles. The van der Waals surface area contributed by atoms with Crippen LogP contribution >= 0.6 is 0 Å². The monoisotopic (exact) mass is 922 g/mol. The fraction of sp³-hybridized carbons (Fsp3) is 0.511. The Morgan fingerprint density at radius 1 is 0.954 bits per heavy atom. The van der Waals surface area contributed by atoms with Crippen LogP contribution in [0.25, 0.3) is 33.5 Å². The average molecular weight is 923 g/mol. The number of ether oxygens (including phenoxy) is 3. The van der Waals surface area contributed by atoms with Crippen LogP contribution in [0.5, 0.6) is 11.6 Å². The summed E-state index contributed by atoms with van der Waals surface area (Å²) >= 11 is 0. The zero-order valence-electron chi connectivity index (χ0n) is 35.5. The van der Waals surface area contributed by atoms with E-state index in [1.807, 2.05) is 12.2 Å². The number of alkyl carbamates (subject to hydrolysis) is 1. The molecule has 0 radical (unpaired) electrons. The summed E-state index contributed by atoms with van der Waals surface area (Å²) in [7, 11) is -2.50. The second-order valence-corrected chi connectivity index (χ2v) is 19.5. The van der Waals surface area contributed by atoms with Crippen molar-refractivity contribution in [2.24, 2.45) is 5.92 Å². The fourth-order valence-electron chi connectivity index (χ4n) is 9.08. The van der Waals surface area contributed by atoms with Gasteiger partial charge in [-0.15, -0.1) is 0 Å². The van der Waals surface area contributed by atoms with Crippen LogP contribution in [0, 0.1) is 5.92 Å². The maximum absolute atomic E-state index is 14.8. The molecule has 0 unspecified atom stereocenters. The van der Waals surface area contributed by atoms with Crippen molar-refractivity contribution in [1.82, 2.24) is 30.2 Å². The molecule has 4 aromatic rings. The zero-order chi connectivity index (χ0) is 45.7. The number of furan rings is 1. The highest BCUT2D eigenvalue weighted by atomic mass is 32.2. The van der Waals surface area contributed by atoms with Crippen molar-refractivity contribution < 1.29 is 59.4 Å². The Bertz CT molecular complexity index is 2650. The molecule has 3 saturated carbocycles. The van der Waals surface area contributed by atoms with Crippen molar-refractivity contribution in [2.45, 2.75) is 125 Å². The van der Waals surface area contributed by atoms with E-state index in [0.29, 0.717) is 61.7 Å². The van der Waals surface area contributed by atoms with Crippen molar-refractivity contribution in [3.05, 3.63) is 60.2 Å². The van der Waals surface area contributed by atoms with Crippen LogP contribution in [-0.4, -0.2) is 95.8 Å². The van der Waals surface area contributed by atoms with E-state index in [-0.39, 0.29) is 60.3 Å². The van der Waals surface area contributed by atoms with Gasteiger partial charge in [0.1, 0.15) is 46.7 Å². The molecule has 346 valence electrons. The summed E-state index contributed by atoms with van der Waals surface area (Å²) in [5, 5.41) is 5.40. The number of carbonyl (C=O) groups excluding carboxylic acids is 4. The highest BCUT2D eigenvalue weighted by Gasteiger charge is 2.62. The maximum Gasteiger partial charge on any atom is 0.416 e. The third kappa shape index (κ3) is 9.31. The van der Waals surface area contributed by atoms with Crippen LogP contribution in [0.3, 0.4) is 0 Å². The van der Waals surface area contributed by atoms with Gasteiger partial charge in [-0.05, 0) is 94.5 Å². The van der Waals surface area contributed by atoms with Gasteiger partial charge in [0.15, 0.2) is 5.82 Å². The van der Waals surface area contributed by atoms with Gasteiger partial charge < -0.3 is 34.2 Å². The van der Waals surface area contributed by atoms with Crippen molar-refractivity contribution in [2.75, 3.05) is 13.7 Å². The van der Waals surface area contributed by atoms with Crippen molar-refractivity contribution in [3.8, 4) is 23.0 Å². The highest BCUT2D eigenvalue weighted by molar-refractivity contribution is 7.91. The lowest BCUT2D eigenvalue weighted by Gasteiger charge is -2.30. The molecule has 4 amide bonds. The molecule has 20 heteroatoms. The molecule has 5 aliphatic rings. The summed E-state index contributed by atoms with van der Waals surface area (Å²) in [5.74, 6) is -2.37. The Morgan fingerprint density at radius 2 is 1.71 bits per heavy atom. The lowest BCUT2D eigenvalue weighted by atomic mass is 10.0. The maximum atomic E-state index is 14.8. The summed E-state index contributed by atoms with van der Waals surface area (Å²) < 4.78 is 92.6. The van der Waals surface area contributed by atoms with Gasteiger partial charge in [0.2, 0.25) is 27.4 Å². The second kappa shape index (κ2) is 17.5. The second-order valence-electron chi connectivity index (χ2n) is 17.6. The van der Waals surface area contributed by atoms with Crippen LogP contribution in [0.4, 0.5) is 18.0 Å². The Hall–Kier alpha value is -5.92. The summed E-state index contributed by atoms with van der Waals surface area (Å²) in [4.78, 5) is 67.2. The van der Waals surface area contributed by atoms with E-state index < -0.39 is 80.5 Å². The first-order valence-electron chi connectivity index (χ1n) is 22.1. The molecule has 3 aliphatic carbocycles. The number of hydrogen-bond donors (Lipinski definition) is 3. The van der Waals surface area contributed by atoms with E-state index >= 15 is 0 Å². The van der Waals surface area contributed by atoms with E-state index in [1.54, 1.807) is 18.2 Å². The number of halogens is 3. The van der Waals surface area contributed by atoms with Crippen LogP contribution in [0.1, 0.15) is 89.0 Å². The first-order chi connectivity index (χ1) is 31.1. The number of rotatable bonds is 9. The number of hydrogen-bond acceptors (Lipinski definition) is 12. The molecule has 16 nitrogen and oxygen atoms in total. The third-order valence-corrected chi connectivity index (χ3v) is 14.8. The largest absolute Gasteiger partial charge is 0.497 e. The van der Waals surface area contributed by atoms with Crippen molar-refractivity contribution in [1.29, 1.82) is 0 Å². The Labute approximate surface area is 372 Å². The third-order valence-electron chi connectivity index (χ3n) is 12.9. The number of methoxy groups -OCH3 is 1. The molecule has 0 spiro atoms. The van der Waals surface area contributed by atoms with Gasteiger partial charge in [-0.2, -0.15) is 18.2 Å². The van der Waals surface area contributed by atoms with E-state index in [9.17, 15) is 40.8 Å². The van der Waals surface area contributed by atoms with Crippen LogP contribution < -0.4 is 24.8 Å². The Balaban J connectivity index is 1.07.